The van der Waals surface area contributed by atoms with E-state index in [1.54, 1.807) is 6.92 Å². The van der Waals surface area contributed by atoms with E-state index < -0.39 is 30.4 Å². The maximum absolute atomic E-state index is 12.0. The summed E-state index contributed by atoms with van der Waals surface area (Å²) in [6, 6.07) is 0. The highest BCUT2D eigenvalue weighted by Crippen LogP contribution is 2.32. The molecular formula is C13H17IN6O5. The van der Waals surface area contributed by atoms with Crippen LogP contribution in [0.25, 0.3) is 11.2 Å². The van der Waals surface area contributed by atoms with Gasteiger partial charge in [0.1, 0.15) is 12.2 Å². The molecule has 4 atom stereocenters. The molecule has 0 bridgehead atoms. The Hall–Kier alpha value is -1.61. The summed E-state index contributed by atoms with van der Waals surface area (Å²) in [5.74, 6) is -0.143. The molecule has 0 unspecified atom stereocenters. The molecule has 11 nitrogen and oxygen atoms in total. The molecule has 25 heavy (non-hydrogen) atoms. The minimum absolute atomic E-state index is 0.351. The van der Waals surface area contributed by atoms with E-state index in [1.807, 2.05) is 22.6 Å². The summed E-state index contributed by atoms with van der Waals surface area (Å²) in [6.45, 7) is 2.14. The van der Waals surface area contributed by atoms with Crippen molar-refractivity contribution < 1.29 is 24.6 Å². The van der Waals surface area contributed by atoms with E-state index in [0.29, 0.717) is 27.4 Å². The van der Waals surface area contributed by atoms with Gasteiger partial charge in [-0.25, -0.2) is 20.4 Å². The highest BCUT2D eigenvalue weighted by molar-refractivity contribution is 14.1. The fourth-order valence-electron chi connectivity index (χ4n) is 2.62. The quantitative estimate of drug-likeness (QED) is 0.253. The van der Waals surface area contributed by atoms with Crippen LogP contribution in [0, 0.1) is 3.83 Å². The van der Waals surface area contributed by atoms with Gasteiger partial charge in [0, 0.05) is 29.1 Å². The Morgan fingerprint density at radius 1 is 1.44 bits per heavy atom. The summed E-state index contributed by atoms with van der Waals surface area (Å²) in [5.41, 5.74) is 3.38. The molecule has 4 N–H and O–H groups in total. The summed E-state index contributed by atoms with van der Waals surface area (Å²) in [4.78, 5) is 29.5. The number of aliphatic hydroxyl groups excluding tert-OH is 2. The van der Waals surface area contributed by atoms with Gasteiger partial charge in [-0.2, -0.15) is 0 Å². The lowest BCUT2D eigenvalue weighted by atomic mass is 10.1. The highest BCUT2D eigenvalue weighted by Gasteiger charge is 2.47. The number of hydrogen-bond donors (Lipinski definition) is 4. The molecule has 3 heterocycles. The molecule has 2 aromatic rings. The monoisotopic (exact) mass is 464 g/mol. The van der Waals surface area contributed by atoms with Crippen LogP contribution in [0.4, 0.5) is 5.82 Å². The molecule has 12 heteroatoms. The fourth-order valence-corrected chi connectivity index (χ4v) is 3.09. The van der Waals surface area contributed by atoms with Crippen molar-refractivity contribution in [3.8, 4) is 0 Å². The molecule has 3 rings (SSSR count). The number of fused-ring (bicyclic) bond motifs is 1. The largest absolute Gasteiger partial charge is 0.387 e. The Morgan fingerprint density at radius 2 is 2.20 bits per heavy atom. The molecule has 1 fully saturated rings. The van der Waals surface area contributed by atoms with Crippen molar-refractivity contribution >= 4 is 45.5 Å². The number of aliphatic hydroxyl groups is 2. The van der Waals surface area contributed by atoms with Crippen molar-refractivity contribution in [2.75, 3.05) is 19.1 Å². The zero-order valence-electron chi connectivity index (χ0n) is 13.4. The van der Waals surface area contributed by atoms with Crippen LogP contribution in [-0.2, 0) is 14.4 Å². The summed E-state index contributed by atoms with van der Waals surface area (Å²) < 4.78 is 7.46. The average Bonchev–Trinajstić information content (AvgIpc) is 3.10. The van der Waals surface area contributed by atoms with Crippen LogP contribution in [0.2, 0.25) is 0 Å². The average molecular weight is 464 g/mol. The number of aromatic nitrogens is 4. The molecule has 0 aliphatic carbocycles. The normalized spacial score (nSPS) is 26.1. The smallest absolute Gasteiger partial charge is 0.252 e. The lowest BCUT2D eigenvalue weighted by Gasteiger charge is -2.16. The third-order valence-electron chi connectivity index (χ3n) is 3.71. The first kappa shape index (κ1) is 18.2. The first-order valence-corrected chi connectivity index (χ1v) is 8.54. The van der Waals surface area contributed by atoms with E-state index in [0.717, 1.165) is 0 Å². The van der Waals surface area contributed by atoms with Gasteiger partial charge in [0.05, 0.1) is 13.4 Å². The summed E-state index contributed by atoms with van der Waals surface area (Å²) >= 11 is 1.93. The standard InChI is InChI=1S/C13H17IN6O5/c1-3-15-11(23)8-6(21)7(22)12(25-8)20-4-16-5-9(19-24-2)17-13(14)18-10(5)20/h4,6-8,12,21-22H,3H2,1-2H3,(H,15,23)(H,17,18,19)/t6-,7+,8-,12+/m0/s1. The van der Waals surface area contributed by atoms with Crippen LogP contribution < -0.4 is 10.8 Å². The van der Waals surface area contributed by atoms with E-state index in [1.165, 1.54) is 18.0 Å². The summed E-state index contributed by atoms with van der Waals surface area (Å²) in [5, 5.41) is 23.0. The molecule has 0 saturated carbocycles. The minimum atomic E-state index is -1.37. The van der Waals surface area contributed by atoms with Gasteiger partial charge < -0.3 is 20.3 Å². The number of carbonyl (C=O) groups excluding carboxylic acids is 1. The maximum atomic E-state index is 12.0. The first-order chi connectivity index (χ1) is 12.0. The van der Waals surface area contributed by atoms with Crippen molar-refractivity contribution in [1.29, 1.82) is 0 Å². The van der Waals surface area contributed by atoms with Crippen LogP contribution >= 0.6 is 22.6 Å². The number of hydrogen-bond acceptors (Lipinski definition) is 9. The Bertz CT molecular complexity index is 786. The number of amides is 1. The van der Waals surface area contributed by atoms with Gasteiger partial charge in [-0.05, 0) is 6.92 Å². The number of carbonyl (C=O) groups is 1. The van der Waals surface area contributed by atoms with Crippen molar-refractivity contribution in [2.45, 2.75) is 31.5 Å². The molecule has 0 spiro atoms. The predicted octanol–water partition coefficient (Wildman–Crippen LogP) is -0.841. The Balaban J connectivity index is 1.98. The van der Waals surface area contributed by atoms with Crippen LogP contribution in [0.3, 0.4) is 0 Å². The summed E-state index contributed by atoms with van der Waals surface area (Å²) in [7, 11) is 1.44. The van der Waals surface area contributed by atoms with E-state index in [-0.39, 0.29) is 0 Å². The molecular weight excluding hydrogens is 447 g/mol. The van der Waals surface area contributed by atoms with E-state index in [2.05, 4.69) is 25.7 Å². The number of halogens is 1. The fraction of sp³-hybridized carbons (Fsp3) is 0.538. The van der Waals surface area contributed by atoms with Gasteiger partial charge in [0.2, 0.25) is 0 Å². The number of likely N-dealkylation sites (N-methyl/N-ethyl adjacent to an activating group) is 1. The van der Waals surface area contributed by atoms with Crippen molar-refractivity contribution in [1.82, 2.24) is 24.8 Å². The number of anilines is 1. The Kier molecular flexibility index (Phi) is 5.33. The number of nitrogens with one attached hydrogen (secondary N) is 2. The number of nitrogens with zero attached hydrogens (tertiary/aromatic N) is 4. The third-order valence-corrected chi connectivity index (χ3v) is 4.20. The first-order valence-electron chi connectivity index (χ1n) is 7.46. The second-order valence-electron chi connectivity index (χ2n) is 5.29. The SMILES string of the molecule is CCNC(=O)[C@H]1O[C@@H](n2cnc3c(NOC)nc(I)nc32)[C@H](O)[C@@H]1O. The summed E-state index contributed by atoms with van der Waals surface area (Å²) in [6.07, 6.45) is -3.50. The zero-order chi connectivity index (χ0) is 18.1. The van der Waals surface area contributed by atoms with Gasteiger partial charge >= 0.3 is 0 Å². The van der Waals surface area contributed by atoms with Crippen molar-refractivity contribution in [3.63, 3.8) is 0 Å². The Morgan fingerprint density at radius 3 is 2.88 bits per heavy atom. The van der Waals surface area contributed by atoms with Gasteiger partial charge in [-0.3, -0.25) is 14.2 Å². The van der Waals surface area contributed by atoms with Gasteiger partial charge in [-0.1, -0.05) is 0 Å². The van der Waals surface area contributed by atoms with Gasteiger partial charge in [0.15, 0.2) is 33.1 Å². The number of imidazole rings is 1. The second kappa shape index (κ2) is 7.33. The molecule has 1 saturated heterocycles. The molecule has 0 radical (unpaired) electrons. The molecule has 1 aliphatic rings. The van der Waals surface area contributed by atoms with E-state index in [4.69, 9.17) is 9.57 Å². The van der Waals surface area contributed by atoms with Crippen LogP contribution in [0.1, 0.15) is 13.2 Å². The molecule has 0 aromatic carbocycles. The van der Waals surface area contributed by atoms with E-state index in [9.17, 15) is 15.0 Å². The van der Waals surface area contributed by atoms with Crippen molar-refractivity contribution in [2.24, 2.45) is 0 Å². The molecule has 2 aromatic heterocycles. The zero-order valence-corrected chi connectivity index (χ0v) is 15.5. The topological polar surface area (TPSA) is 144 Å². The van der Waals surface area contributed by atoms with Crippen LogP contribution in [0.5, 0.6) is 0 Å². The third kappa shape index (κ3) is 3.27. The van der Waals surface area contributed by atoms with Crippen LogP contribution in [-0.4, -0.2) is 67.6 Å². The maximum Gasteiger partial charge on any atom is 0.252 e. The number of ether oxygens (including phenoxy) is 1. The highest BCUT2D eigenvalue weighted by atomic mass is 127. The van der Waals surface area contributed by atoms with Gasteiger partial charge in [-0.15, -0.1) is 0 Å². The van der Waals surface area contributed by atoms with E-state index >= 15 is 0 Å². The molecule has 136 valence electrons. The molecule has 1 aliphatic heterocycles. The minimum Gasteiger partial charge on any atom is -0.387 e. The number of rotatable bonds is 5. The predicted molar refractivity (Wildman–Crippen MR) is 93.3 cm³/mol. The second-order valence-corrected chi connectivity index (χ2v) is 6.26. The Labute approximate surface area is 155 Å². The van der Waals surface area contributed by atoms with Crippen molar-refractivity contribution in [3.05, 3.63) is 10.2 Å². The molecule has 1 amide bonds. The lowest BCUT2D eigenvalue weighted by molar-refractivity contribution is -0.137. The lowest BCUT2D eigenvalue weighted by Crippen LogP contribution is -2.42. The van der Waals surface area contributed by atoms with Gasteiger partial charge in [0.25, 0.3) is 5.91 Å². The van der Waals surface area contributed by atoms with Crippen LogP contribution in [0.15, 0.2) is 6.33 Å².